The monoisotopic (exact) mass is 343 g/mol. The molecule has 0 bridgehead atoms. The average molecular weight is 344 g/mol. The third-order valence-electron chi connectivity index (χ3n) is 4.34. The molecule has 1 atom stereocenters. The van der Waals surface area contributed by atoms with E-state index >= 15 is 0 Å². The average Bonchev–Trinajstić information content (AvgIpc) is 2.97. The van der Waals surface area contributed by atoms with E-state index in [0.29, 0.717) is 5.56 Å². The zero-order chi connectivity index (χ0) is 16.9. The number of anilines is 1. The molecule has 0 aliphatic heterocycles. The number of aryl methyl sites for hydroxylation is 1. The number of hydrogen-bond donors (Lipinski definition) is 3. The Morgan fingerprint density at radius 3 is 2.71 bits per heavy atom. The van der Waals surface area contributed by atoms with Gasteiger partial charge in [-0.3, -0.25) is 4.79 Å². The van der Waals surface area contributed by atoms with Crippen LogP contribution in [-0.2, 0) is 6.42 Å². The van der Waals surface area contributed by atoms with Crippen LogP contribution >= 0.6 is 11.6 Å². The summed E-state index contributed by atoms with van der Waals surface area (Å²) >= 11 is 6.04. The van der Waals surface area contributed by atoms with Gasteiger partial charge in [-0.05, 0) is 67.4 Å². The number of nitrogens with one attached hydrogen (secondary N) is 3. The van der Waals surface area contributed by atoms with E-state index in [4.69, 9.17) is 11.6 Å². The van der Waals surface area contributed by atoms with Gasteiger partial charge < -0.3 is 16.0 Å². The standard InChI is InChI=1S/C19H22ClN3O/c1-21-10-11-22-16-6-2-13(3-7-16)19(24)23-18-9-4-14-12-15(20)5-8-17(14)18/h2-3,5-8,12,18,21-22H,4,9-11H2,1H3,(H,23,24). The summed E-state index contributed by atoms with van der Waals surface area (Å²) in [6.45, 7) is 1.75. The summed E-state index contributed by atoms with van der Waals surface area (Å²) in [5, 5.41) is 10.3. The van der Waals surface area contributed by atoms with Crippen molar-refractivity contribution in [2.75, 3.05) is 25.5 Å². The number of halogens is 1. The van der Waals surface area contributed by atoms with Crippen LogP contribution in [0, 0.1) is 0 Å². The van der Waals surface area contributed by atoms with Crippen molar-refractivity contribution in [1.82, 2.24) is 10.6 Å². The minimum atomic E-state index is -0.0374. The Labute approximate surface area is 147 Å². The van der Waals surface area contributed by atoms with Crippen LogP contribution in [0.25, 0.3) is 0 Å². The van der Waals surface area contributed by atoms with E-state index in [2.05, 4.69) is 16.0 Å². The van der Waals surface area contributed by atoms with Gasteiger partial charge in [0.25, 0.3) is 5.91 Å². The van der Waals surface area contributed by atoms with Gasteiger partial charge in [0.1, 0.15) is 0 Å². The number of likely N-dealkylation sites (N-methyl/N-ethyl adjacent to an activating group) is 1. The minimum Gasteiger partial charge on any atom is -0.384 e. The summed E-state index contributed by atoms with van der Waals surface area (Å²) in [4.78, 5) is 12.5. The second-order valence-electron chi connectivity index (χ2n) is 6.02. The van der Waals surface area contributed by atoms with E-state index in [9.17, 15) is 4.79 Å². The van der Waals surface area contributed by atoms with Crippen molar-refractivity contribution >= 4 is 23.2 Å². The lowest BCUT2D eigenvalue weighted by Gasteiger charge is -2.14. The number of carbonyl (C=O) groups excluding carboxylic acids is 1. The summed E-state index contributed by atoms with van der Waals surface area (Å²) in [6.07, 6.45) is 1.88. The molecule has 126 valence electrons. The fourth-order valence-electron chi connectivity index (χ4n) is 3.05. The molecule has 0 saturated carbocycles. The topological polar surface area (TPSA) is 53.2 Å². The maximum Gasteiger partial charge on any atom is 0.251 e. The molecule has 0 spiro atoms. The van der Waals surface area contributed by atoms with E-state index in [0.717, 1.165) is 36.6 Å². The molecular weight excluding hydrogens is 322 g/mol. The zero-order valence-electron chi connectivity index (χ0n) is 13.7. The van der Waals surface area contributed by atoms with Gasteiger partial charge in [-0.1, -0.05) is 17.7 Å². The molecule has 1 unspecified atom stereocenters. The first kappa shape index (κ1) is 16.8. The molecule has 2 aromatic rings. The molecule has 4 nitrogen and oxygen atoms in total. The summed E-state index contributed by atoms with van der Waals surface area (Å²) in [5.41, 5.74) is 4.11. The molecule has 3 N–H and O–H groups in total. The van der Waals surface area contributed by atoms with Gasteiger partial charge in [0, 0.05) is 29.4 Å². The molecule has 0 radical (unpaired) electrons. The lowest BCUT2D eigenvalue weighted by atomic mass is 10.1. The van der Waals surface area contributed by atoms with Crippen LogP contribution in [0.5, 0.6) is 0 Å². The minimum absolute atomic E-state index is 0.0374. The lowest BCUT2D eigenvalue weighted by Crippen LogP contribution is -2.27. The van der Waals surface area contributed by atoms with E-state index < -0.39 is 0 Å². The number of amides is 1. The molecule has 0 heterocycles. The van der Waals surface area contributed by atoms with Crippen molar-refractivity contribution in [3.8, 4) is 0 Å². The Hall–Kier alpha value is -2.04. The summed E-state index contributed by atoms with van der Waals surface area (Å²) in [5.74, 6) is -0.0374. The maximum absolute atomic E-state index is 12.5. The largest absolute Gasteiger partial charge is 0.384 e. The van der Waals surface area contributed by atoms with Crippen molar-refractivity contribution in [3.63, 3.8) is 0 Å². The quantitative estimate of drug-likeness (QED) is 0.705. The molecule has 1 aliphatic carbocycles. The number of carbonyl (C=O) groups is 1. The van der Waals surface area contributed by atoms with Crippen molar-refractivity contribution in [1.29, 1.82) is 0 Å². The van der Waals surface area contributed by atoms with E-state index in [1.54, 1.807) is 0 Å². The van der Waals surface area contributed by atoms with Gasteiger partial charge in [0.2, 0.25) is 0 Å². The Bertz CT molecular complexity index is 715. The van der Waals surface area contributed by atoms with E-state index in [-0.39, 0.29) is 11.9 Å². The van der Waals surface area contributed by atoms with Crippen LogP contribution in [-0.4, -0.2) is 26.0 Å². The number of benzene rings is 2. The predicted octanol–water partition coefficient (Wildman–Crippen LogP) is 3.39. The van der Waals surface area contributed by atoms with Crippen LogP contribution < -0.4 is 16.0 Å². The normalized spacial score (nSPS) is 15.8. The van der Waals surface area contributed by atoms with Crippen molar-refractivity contribution in [2.24, 2.45) is 0 Å². The predicted molar refractivity (Wildman–Crippen MR) is 98.8 cm³/mol. The summed E-state index contributed by atoms with van der Waals surface area (Å²) in [7, 11) is 1.92. The van der Waals surface area contributed by atoms with Gasteiger partial charge in [0.15, 0.2) is 0 Å². The van der Waals surface area contributed by atoms with Gasteiger partial charge in [-0.2, -0.15) is 0 Å². The second kappa shape index (κ2) is 7.69. The second-order valence-corrected chi connectivity index (χ2v) is 6.45. The van der Waals surface area contributed by atoms with Gasteiger partial charge in [-0.15, -0.1) is 0 Å². The van der Waals surface area contributed by atoms with Gasteiger partial charge >= 0.3 is 0 Å². The van der Waals surface area contributed by atoms with Crippen LogP contribution in [0.1, 0.15) is 33.9 Å². The Morgan fingerprint density at radius 1 is 1.17 bits per heavy atom. The van der Waals surface area contributed by atoms with Gasteiger partial charge in [-0.25, -0.2) is 0 Å². The number of hydrogen-bond acceptors (Lipinski definition) is 3. The smallest absolute Gasteiger partial charge is 0.251 e. The van der Waals surface area contributed by atoms with Crippen LogP contribution in [0.3, 0.4) is 0 Å². The molecule has 1 aliphatic rings. The van der Waals surface area contributed by atoms with Crippen LogP contribution in [0.4, 0.5) is 5.69 Å². The molecular formula is C19H22ClN3O. The highest BCUT2D eigenvalue weighted by Crippen LogP contribution is 2.33. The van der Waals surface area contributed by atoms with Crippen molar-refractivity contribution < 1.29 is 4.79 Å². The van der Waals surface area contributed by atoms with Crippen LogP contribution in [0.2, 0.25) is 5.02 Å². The molecule has 0 aromatic heterocycles. The maximum atomic E-state index is 12.5. The van der Waals surface area contributed by atoms with Crippen molar-refractivity contribution in [2.45, 2.75) is 18.9 Å². The lowest BCUT2D eigenvalue weighted by molar-refractivity contribution is 0.0937. The van der Waals surface area contributed by atoms with E-state index in [1.165, 1.54) is 11.1 Å². The van der Waals surface area contributed by atoms with Crippen LogP contribution in [0.15, 0.2) is 42.5 Å². The molecule has 1 amide bonds. The molecule has 3 rings (SSSR count). The Kier molecular flexibility index (Phi) is 5.38. The summed E-state index contributed by atoms with van der Waals surface area (Å²) in [6, 6.07) is 13.6. The Morgan fingerprint density at radius 2 is 1.96 bits per heavy atom. The fraction of sp³-hybridized carbons (Fsp3) is 0.316. The number of rotatable bonds is 6. The first-order valence-electron chi connectivity index (χ1n) is 8.25. The molecule has 0 fully saturated rings. The fourth-order valence-corrected chi connectivity index (χ4v) is 3.24. The highest BCUT2D eigenvalue weighted by molar-refractivity contribution is 6.30. The number of fused-ring (bicyclic) bond motifs is 1. The third kappa shape index (κ3) is 3.89. The summed E-state index contributed by atoms with van der Waals surface area (Å²) < 4.78 is 0. The first-order chi connectivity index (χ1) is 11.7. The molecule has 0 saturated heterocycles. The highest BCUT2D eigenvalue weighted by Gasteiger charge is 2.24. The molecule has 5 heteroatoms. The Balaban J connectivity index is 1.62. The third-order valence-corrected chi connectivity index (χ3v) is 4.57. The molecule has 2 aromatic carbocycles. The highest BCUT2D eigenvalue weighted by atomic mass is 35.5. The molecule has 24 heavy (non-hydrogen) atoms. The van der Waals surface area contributed by atoms with E-state index in [1.807, 2.05) is 49.5 Å². The first-order valence-corrected chi connectivity index (χ1v) is 8.63. The van der Waals surface area contributed by atoms with Gasteiger partial charge in [0.05, 0.1) is 6.04 Å². The zero-order valence-corrected chi connectivity index (χ0v) is 14.5. The SMILES string of the molecule is CNCCNc1ccc(C(=O)NC2CCc3cc(Cl)ccc32)cc1. The van der Waals surface area contributed by atoms with Crippen molar-refractivity contribution in [3.05, 3.63) is 64.2 Å².